The Hall–Kier alpha value is -1.60. The maximum atomic E-state index is 13.4. The van der Waals surface area contributed by atoms with Crippen molar-refractivity contribution in [1.29, 1.82) is 0 Å². The average molecular weight is 331 g/mol. The molecule has 0 heterocycles. The molecule has 3 N–H and O–H groups in total. The van der Waals surface area contributed by atoms with Crippen LogP contribution in [0.5, 0.6) is 0 Å². The molecule has 23 heavy (non-hydrogen) atoms. The van der Waals surface area contributed by atoms with Gasteiger partial charge in [-0.3, -0.25) is 0 Å². The molecule has 0 aliphatic heterocycles. The first-order chi connectivity index (χ1) is 10.7. The number of aliphatic hydroxyl groups is 1. The van der Waals surface area contributed by atoms with Crippen molar-refractivity contribution in [2.45, 2.75) is 56.0 Å². The SMILES string of the molecule is NC1(C(=O)OCc2ccccc2)CCCCCC1(O)C(F)(F)F. The first-order valence-corrected chi connectivity index (χ1v) is 7.50. The summed E-state index contributed by atoms with van der Waals surface area (Å²) in [6.07, 6.45) is -4.92. The number of halogens is 3. The number of nitrogens with two attached hydrogens (primary N) is 1. The van der Waals surface area contributed by atoms with Gasteiger partial charge in [0.25, 0.3) is 0 Å². The number of hydrogen-bond acceptors (Lipinski definition) is 4. The topological polar surface area (TPSA) is 72.6 Å². The van der Waals surface area contributed by atoms with Crippen molar-refractivity contribution in [3.8, 4) is 0 Å². The number of hydrogen-bond donors (Lipinski definition) is 2. The van der Waals surface area contributed by atoms with Crippen LogP contribution in [0, 0.1) is 0 Å². The van der Waals surface area contributed by atoms with Gasteiger partial charge in [0, 0.05) is 0 Å². The lowest BCUT2D eigenvalue weighted by Crippen LogP contribution is -2.71. The van der Waals surface area contributed by atoms with E-state index in [2.05, 4.69) is 0 Å². The molecule has 1 aromatic carbocycles. The predicted molar refractivity (Wildman–Crippen MR) is 77.2 cm³/mol. The number of rotatable bonds is 3. The van der Waals surface area contributed by atoms with Crippen LogP contribution in [-0.2, 0) is 16.1 Å². The minimum atomic E-state index is -5.00. The third kappa shape index (κ3) is 3.35. The Morgan fingerprint density at radius 1 is 1.17 bits per heavy atom. The molecule has 2 unspecified atom stereocenters. The van der Waals surface area contributed by atoms with E-state index in [0.717, 1.165) is 0 Å². The highest BCUT2D eigenvalue weighted by Gasteiger charge is 2.68. The molecular weight excluding hydrogens is 311 g/mol. The Bertz CT molecular complexity index is 549. The average Bonchev–Trinajstić information content (AvgIpc) is 2.66. The summed E-state index contributed by atoms with van der Waals surface area (Å²) in [6, 6.07) is 8.57. The van der Waals surface area contributed by atoms with E-state index in [1.165, 1.54) is 0 Å². The Balaban J connectivity index is 2.22. The molecule has 4 nitrogen and oxygen atoms in total. The Kier molecular flexibility index (Phi) is 5.01. The van der Waals surface area contributed by atoms with E-state index in [0.29, 0.717) is 18.4 Å². The maximum absolute atomic E-state index is 13.4. The number of benzene rings is 1. The van der Waals surface area contributed by atoms with Gasteiger partial charge in [0.15, 0.2) is 11.1 Å². The van der Waals surface area contributed by atoms with Crippen molar-refractivity contribution in [1.82, 2.24) is 0 Å². The van der Waals surface area contributed by atoms with Crippen molar-refractivity contribution in [3.63, 3.8) is 0 Å². The second-order valence-corrected chi connectivity index (χ2v) is 5.95. The van der Waals surface area contributed by atoms with E-state index in [-0.39, 0.29) is 19.4 Å². The van der Waals surface area contributed by atoms with Crippen molar-refractivity contribution < 1.29 is 27.8 Å². The molecule has 1 aliphatic rings. The lowest BCUT2D eigenvalue weighted by Gasteiger charge is -2.42. The summed E-state index contributed by atoms with van der Waals surface area (Å²) >= 11 is 0. The smallest absolute Gasteiger partial charge is 0.419 e. The predicted octanol–water partition coefficient (Wildman–Crippen LogP) is 2.68. The summed E-state index contributed by atoms with van der Waals surface area (Å²) in [5.74, 6) is -1.22. The highest BCUT2D eigenvalue weighted by atomic mass is 19.4. The fourth-order valence-electron chi connectivity index (χ4n) is 2.91. The second kappa shape index (κ2) is 6.49. The van der Waals surface area contributed by atoms with E-state index >= 15 is 0 Å². The van der Waals surface area contributed by atoms with Crippen molar-refractivity contribution in [2.24, 2.45) is 5.73 Å². The van der Waals surface area contributed by atoms with E-state index in [1.807, 2.05) is 0 Å². The van der Waals surface area contributed by atoms with Gasteiger partial charge in [-0.2, -0.15) is 13.2 Å². The fraction of sp³-hybridized carbons (Fsp3) is 0.562. The quantitative estimate of drug-likeness (QED) is 0.660. The van der Waals surface area contributed by atoms with Crippen molar-refractivity contribution in [2.75, 3.05) is 0 Å². The molecular formula is C16H20F3NO3. The van der Waals surface area contributed by atoms with Gasteiger partial charge in [-0.25, -0.2) is 4.79 Å². The van der Waals surface area contributed by atoms with Gasteiger partial charge in [0.05, 0.1) is 0 Å². The van der Waals surface area contributed by atoms with Gasteiger partial charge >= 0.3 is 12.1 Å². The van der Waals surface area contributed by atoms with E-state index < -0.39 is 29.7 Å². The van der Waals surface area contributed by atoms with Gasteiger partial charge in [0.1, 0.15) is 6.61 Å². The minimum absolute atomic E-state index is 0.154. The van der Waals surface area contributed by atoms with Gasteiger partial charge in [-0.1, -0.05) is 49.6 Å². The van der Waals surface area contributed by atoms with E-state index in [9.17, 15) is 23.1 Å². The molecule has 128 valence electrons. The maximum Gasteiger partial charge on any atom is 0.419 e. The van der Waals surface area contributed by atoms with Crippen LogP contribution in [-0.4, -0.2) is 28.4 Å². The molecule has 2 atom stereocenters. The zero-order valence-electron chi connectivity index (χ0n) is 12.6. The lowest BCUT2D eigenvalue weighted by atomic mass is 9.75. The van der Waals surface area contributed by atoms with E-state index in [4.69, 9.17) is 10.5 Å². The molecule has 1 fully saturated rings. The summed E-state index contributed by atoms with van der Waals surface area (Å²) in [4.78, 5) is 12.3. The summed E-state index contributed by atoms with van der Waals surface area (Å²) < 4.78 is 45.2. The molecule has 0 aromatic heterocycles. The van der Waals surface area contributed by atoms with Crippen LogP contribution in [0.4, 0.5) is 13.2 Å². The van der Waals surface area contributed by atoms with Crippen LogP contribution in [0.15, 0.2) is 30.3 Å². The molecule has 0 saturated heterocycles. The molecule has 1 saturated carbocycles. The third-order valence-corrected chi connectivity index (χ3v) is 4.39. The zero-order valence-corrected chi connectivity index (χ0v) is 12.6. The highest BCUT2D eigenvalue weighted by molar-refractivity contribution is 5.82. The largest absolute Gasteiger partial charge is 0.459 e. The highest BCUT2D eigenvalue weighted by Crippen LogP contribution is 2.45. The zero-order chi connectivity index (χ0) is 17.1. The number of carbonyl (C=O) groups excluding carboxylic acids is 1. The number of carbonyl (C=O) groups is 1. The molecule has 7 heteroatoms. The molecule has 1 aromatic rings. The minimum Gasteiger partial charge on any atom is -0.459 e. The van der Waals surface area contributed by atoms with Gasteiger partial charge in [-0.05, 0) is 18.4 Å². The molecule has 0 radical (unpaired) electrons. The van der Waals surface area contributed by atoms with Crippen LogP contribution >= 0.6 is 0 Å². The van der Waals surface area contributed by atoms with Gasteiger partial charge in [0.2, 0.25) is 0 Å². The van der Waals surface area contributed by atoms with Crippen molar-refractivity contribution >= 4 is 5.97 Å². The Morgan fingerprint density at radius 3 is 2.39 bits per heavy atom. The third-order valence-electron chi connectivity index (χ3n) is 4.39. The Morgan fingerprint density at radius 2 is 1.78 bits per heavy atom. The monoisotopic (exact) mass is 331 g/mol. The number of ether oxygens (including phenoxy) is 1. The van der Waals surface area contributed by atoms with Gasteiger partial charge < -0.3 is 15.6 Å². The first kappa shape index (κ1) is 17.7. The van der Waals surface area contributed by atoms with Crippen LogP contribution < -0.4 is 5.73 Å². The number of alkyl halides is 3. The summed E-state index contributed by atoms with van der Waals surface area (Å²) in [6.45, 7) is -0.188. The van der Waals surface area contributed by atoms with Crippen LogP contribution in [0.2, 0.25) is 0 Å². The molecule has 1 aliphatic carbocycles. The lowest BCUT2D eigenvalue weighted by molar-refractivity contribution is -0.286. The summed E-state index contributed by atoms with van der Waals surface area (Å²) in [5, 5.41) is 10.2. The van der Waals surface area contributed by atoms with Gasteiger partial charge in [-0.15, -0.1) is 0 Å². The van der Waals surface area contributed by atoms with E-state index in [1.54, 1.807) is 30.3 Å². The normalized spacial score (nSPS) is 28.9. The molecule has 0 amide bonds. The Labute approximate surface area is 132 Å². The van der Waals surface area contributed by atoms with Crippen LogP contribution in [0.25, 0.3) is 0 Å². The van der Waals surface area contributed by atoms with Crippen LogP contribution in [0.1, 0.15) is 37.7 Å². The first-order valence-electron chi connectivity index (χ1n) is 7.50. The number of esters is 1. The standard InChI is InChI=1S/C16H20F3NO3/c17-16(18,19)15(22)10-6-2-5-9-14(15,20)13(21)23-11-12-7-3-1-4-8-12/h1,3-4,7-8,22H,2,5-6,9-11,20H2. The molecule has 0 bridgehead atoms. The summed E-state index contributed by atoms with van der Waals surface area (Å²) in [5.41, 5.74) is 0.657. The van der Waals surface area contributed by atoms with Crippen LogP contribution in [0.3, 0.4) is 0 Å². The fourth-order valence-corrected chi connectivity index (χ4v) is 2.91. The second-order valence-electron chi connectivity index (χ2n) is 5.95. The molecule has 2 rings (SSSR count). The summed E-state index contributed by atoms with van der Waals surface area (Å²) in [7, 11) is 0. The van der Waals surface area contributed by atoms with Crippen molar-refractivity contribution in [3.05, 3.63) is 35.9 Å². The molecule has 0 spiro atoms.